The lowest BCUT2D eigenvalue weighted by Crippen LogP contribution is -2.33. The van der Waals surface area contributed by atoms with Crippen molar-refractivity contribution in [2.45, 2.75) is 31.3 Å². The number of carbonyl (C=O) groups is 2. The first kappa shape index (κ1) is 18.2. The highest BCUT2D eigenvalue weighted by Gasteiger charge is 2.28. The number of fused-ring (bicyclic) bond motifs is 1. The lowest BCUT2D eigenvalue weighted by molar-refractivity contribution is -0.129. The summed E-state index contributed by atoms with van der Waals surface area (Å²) in [6, 6.07) is 11.3. The van der Waals surface area contributed by atoms with Gasteiger partial charge in [0.05, 0.1) is 29.4 Å². The standard InChI is InChI=1S/C20H21N3O2S/c1-3-26-20-9-8-16(13-21-20)22-19(25)12-18-17-7-5-4-6-15(17)10-11-23(18)14(2)24/h4-11,13,18H,3,12H2,1-2H3,(H,22,25)/t18-/m0/s1. The van der Waals surface area contributed by atoms with Crippen LogP contribution in [0.5, 0.6) is 0 Å². The molecule has 26 heavy (non-hydrogen) atoms. The van der Waals surface area contributed by atoms with E-state index in [0.717, 1.165) is 21.9 Å². The monoisotopic (exact) mass is 367 g/mol. The van der Waals surface area contributed by atoms with Crippen molar-refractivity contribution in [2.24, 2.45) is 0 Å². The molecule has 1 N–H and O–H groups in total. The van der Waals surface area contributed by atoms with Gasteiger partial charge in [-0.2, -0.15) is 0 Å². The van der Waals surface area contributed by atoms with E-state index in [1.165, 1.54) is 6.92 Å². The summed E-state index contributed by atoms with van der Waals surface area (Å²) in [5, 5.41) is 3.81. The summed E-state index contributed by atoms with van der Waals surface area (Å²) in [6.07, 6.45) is 5.50. The fourth-order valence-corrected chi connectivity index (χ4v) is 3.58. The molecule has 1 atom stereocenters. The van der Waals surface area contributed by atoms with Crippen LogP contribution in [0.25, 0.3) is 6.08 Å². The van der Waals surface area contributed by atoms with Crippen molar-refractivity contribution in [3.05, 3.63) is 59.9 Å². The molecule has 3 rings (SSSR count). The molecule has 0 spiro atoms. The molecule has 1 aliphatic heterocycles. The van der Waals surface area contributed by atoms with Crippen LogP contribution in [0.1, 0.15) is 37.4 Å². The molecule has 1 aromatic carbocycles. The average molecular weight is 367 g/mol. The fourth-order valence-electron chi connectivity index (χ4n) is 2.99. The molecule has 5 nitrogen and oxygen atoms in total. The minimum Gasteiger partial charge on any atom is -0.325 e. The first-order chi connectivity index (χ1) is 12.6. The number of nitrogens with one attached hydrogen (secondary N) is 1. The second-order valence-electron chi connectivity index (χ2n) is 5.96. The summed E-state index contributed by atoms with van der Waals surface area (Å²) in [5.74, 6) is 0.717. The molecule has 2 amide bonds. The summed E-state index contributed by atoms with van der Waals surface area (Å²) in [4.78, 5) is 30.5. The number of carbonyl (C=O) groups excluding carboxylic acids is 2. The first-order valence-electron chi connectivity index (χ1n) is 8.53. The summed E-state index contributed by atoms with van der Waals surface area (Å²) < 4.78 is 0. The lowest BCUT2D eigenvalue weighted by Gasteiger charge is -2.32. The topological polar surface area (TPSA) is 62.3 Å². The van der Waals surface area contributed by atoms with Crippen LogP contribution in [0.2, 0.25) is 0 Å². The van der Waals surface area contributed by atoms with Crippen molar-refractivity contribution in [3.63, 3.8) is 0 Å². The first-order valence-corrected chi connectivity index (χ1v) is 9.51. The minimum atomic E-state index is -0.309. The number of amides is 2. The Hall–Kier alpha value is -2.60. The second kappa shape index (κ2) is 8.19. The highest BCUT2D eigenvalue weighted by atomic mass is 32.2. The molecule has 1 aliphatic rings. The van der Waals surface area contributed by atoms with Crippen molar-refractivity contribution in [1.29, 1.82) is 0 Å². The number of rotatable bonds is 5. The Morgan fingerprint density at radius 2 is 2.04 bits per heavy atom. The van der Waals surface area contributed by atoms with Crippen LogP contribution in [0.15, 0.2) is 53.8 Å². The van der Waals surface area contributed by atoms with Gasteiger partial charge in [-0.25, -0.2) is 4.98 Å². The van der Waals surface area contributed by atoms with Crippen LogP contribution in [-0.4, -0.2) is 27.5 Å². The van der Waals surface area contributed by atoms with Crippen LogP contribution in [0.4, 0.5) is 5.69 Å². The molecule has 0 unspecified atom stereocenters. The predicted molar refractivity (Wildman–Crippen MR) is 105 cm³/mol. The van der Waals surface area contributed by atoms with Gasteiger partial charge in [-0.15, -0.1) is 11.8 Å². The molecule has 2 aromatic rings. The Kier molecular flexibility index (Phi) is 5.73. The maximum Gasteiger partial charge on any atom is 0.226 e. The summed E-state index contributed by atoms with van der Waals surface area (Å²) in [5.41, 5.74) is 2.67. The van der Waals surface area contributed by atoms with Crippen LogP contribution < -0.4 is 5.32 Å². The molecular weight excluding hydrogens is 346 g/mol. The third-order valence-corrected chi connectivity index (χ3v) is 4.99. The molecule has 0 fully saturated rings. The minimum absolute atomic E-state index is 0.0869. The fraction of sp³-hybridized carbons (Fsp3) is 0.250. The third-order valence-electron chi connectivity index (χ3n) is 4.16. The second-order valence-corrected chi connectivity index (χ2v) is 7.24. The van der Waals surface area contributed by atoms with Gasteiger partial charge in [0.25, 0.3) is 0 Å². The molecule has 0 saturated heterocycles. The lowest BCUT2D eigenvalue weighted by atomic mass is 9.93. The Balaban J connectivity index is 1.74. The van der Waals surface area contributed by atoms with Crippen molar-refractivity contribution in [2.75, 3.05) is 11.1 Å². The smallest absolute Gasteiger partial charge is 0.226 e. The van der Waals surface area contributed by atoms with Gasteiger partial charge in [0, 0.05) is 13.1 Å². The van der Waals surface area contributed by atoms with E-state index in [1.54, 1.807) is 29.1 Å². The number of thioether (sulfide) groups is 1. The molecule has 1 aromatic heterocycles. The number of hydrogen-bond acceptors (Lipinski definition) is 4. The average Bonchev–Trinajstić information content (AvgIpc) is 2.63. The van der Waals surface area contributed by atoms with Crippen molar-refractivity contribution < 1.29 is 9.59 Å². The Bertz CT molecular complexity index is 833. The number of benzene rings is 1. The molecule has 0 saturated carbocycles. The number of hydrogen-bond donors (Lipinski definition) is 1. The maximum atomic E-state index is 12.6. The van der Waals surface area contributed by atoms with E-state index < -0.39 is 0 Å². The molecule has 0 bridgehead atoms. The molecular formula is C20H21N3O2S. The quantitative estimate of drug-likeness (QED) is 0.809. The zero-order valence-electron chi connectivity index (χ0n) is 14.8. The normalized spacial score (nSPS) is 15.5. The van der Waals surface area contributed by atoms with Gasteiger partial charge >= 0.3 is 0 Å². The number of pyridine rings is 1. The van der Waals surface area contributed by atoms with E-state index in [1.807, 2.05) is 42.5 Å². The Morgan fingerprint density at radius 3 is 2.73 bits per heavy atom. The Labute approximate surface area is 157 Å². The third kappa shape index (κ3) is 4.14. The summed E-state index contributed by atoms with van der Waals surface area (Å²) in [7, 11) is 0. The van der Waals surface area contributed by atoms with Crippen LogP contribution in [0.3, 0.4) is 0 Å². The zero-order chi connectivity index (χ0) is 18.5. The predicted octanol–water partition coefficient (Wildman–Crippen LogP) is 4.10. The van der Waals surface area contributed by atoms with E-state index in [9.17, 15) is 9.59 Å². The SMILES string of the molecule is CCSc1ccc(NC(=O)C[C@H]2c3ccccc3C=CN2C(C)=O)cn1. The van der Waals surface area contributed by atoms with Gasteiger partial charge < -0.3 is 10.2 Å². The van der Waals surface area contributed by atoms with Gasteiger partial charge in [0.2, 0.25) is 11.8 Å². The van der Waals surface area contributed by atoms with Gasteiger partial charge in [0.15, 0.2) is 0 Å². The molecule has 6 heteroatoms. The van der Waals surface area contributed by atoms with Gasteiger partial charge in [0.1, 0.15) is 0 Å². The van der Waals surface area contributed by atoms with E-state index in [0.29, 0.717) is 5.69 Å². The Morgan fingerprint density at radius 1 is 1.23 bits per heavy atom. The van der Waals surface area contributed by atoms with E-state index in [2.05, 4.69) is 17.2 Å². The molecule has 2 heterocycles. The van der Waals surface area contributed by atoms with Crippen molar-refractivity contribution in [1.82, 2.24) is 9.88 Å². The molecule has 0 radical (unpaired) electrons. The van der Waals surface area contributed by atoms with E-state index in [-0.39, 0.29) is 24.3 Å². The largest absolute Gasteiger partial charge is 0.325 e. The zero-order valence-corrected chi connectivity index (χ0v) is 15.6. The van der Waals surface area contributed by atoms with Gasteiger partial charge in [-0.05, 0) is 35.1 Å². The van der Waals surface area contributed by atoms with Gasteiger partial charge in [-0.3, -0.25) is 9.59 Å². The van der Waals surface area contributed by atoms with Gasteiger partial charge in [-0.1, -0.05) is 31.2 Å². The summed E-state index contributed by atoms with van der Waals surface area (Å²) >= 11 is 1.65. The molecule has 0 aliphatic carbocycles. The van der Waals surface area contributed by atoms with Crippen LogP contribution >= 0.6 is 11.8 Å². The highest BCUT2D eigenvalue weighted by molar-refractivity contribution is 7.99. The number of aromatic nitrogens is 1. The number of anilines is 1. The van der Waals surface area contributed by atoms with Crippen LogP contribution in [-0.2, 0) is 9.59 Å². The van der Waals surface area contributed by atoms with E-state index >= 15 is 0 Å². The molecule has 134 valence electrons. The van der Waals surface area contributed by atoms with Crippen LogP contribution in [0, 0.1) is 0 Å². The number of nitrogens with zero attached hydrogens (tertiary/aromatic N) is 2. The van der Waals surface area contributed by atoms with Crippen molar-refractivity contribution in [3.8, 4) is 0 Å². The highest BCUT2D eigenvalue weighted by Crippen LogP contribution is 2.33. The van der Waals surface area contributed by atoms with E-state index in [4.69, 9.17) is 0 Å². The maximum absolute atomic E-state index is 12.6. The van der Waals surface area contributed by atoms with Crippen molar-refractivity contribution >= 4 is 35.3 Å². The summed E-state index contributed by atoms with van der Waals surface area (Å²) in [6.45, 7) is 3.58.